The minimum Gasteiger partial charge on any atom is -0.464 e. The molecule has 0 aliphatic heterocycles. The lowest BCUT2D eigenvalue weighted by atomic mass is 10.0. The maximum absolute atomic E-state index is 13.2. The van der Waals surface area contributed by atoms with E-state index >= 15 is 0 Å². The van der Waals surface area contributed by atoms with E-state index in [1.807, 2.05) is 21.0 Å². The summed E-state index contributed by atoms with van der Waals surface area (Å²) in [6, 6.07) is 0. The molecule has 55 heavy (non-hydrogen) atoms. The Bertz CT molecular complexity index is 1060. The van der Waals surface area contributed by atoms with E-state index in [0.29, 0.717) is 32.1 Å². The molecule has 0 aliphatic rings. The van der Waals surface area contributed by atoms with Crippen LogP contribution >= 0.6 is 0 Å². The lowest BCUT2D eigenvalue weighted by Gasteiger charge is -2.24. The van der Waals surface area contributed by atoms with Gasteiger partial charge in [-0.15, -0.1) is 0 Å². The molecular formula is C41H74N2O12. The maximum Gasteiger partial charge on any atom is 0.308 e. The summed E-state index contributed by atoms with van der Waals surface area (Å²) in [6.45, 7) is 8.98. The second-order valence-corrected chi connectivity index (χ2v) is 14.7. The molecule has 0 spiro atoms. The van der Waals surface area contributed by atoms with E-state index in [4.69, 9.17) is 28.4 Å². The molecular weight excluding hydrogens is 712 g/mol. The number of esters is 4. The zero-order valence-electron chi connectivity index (χ0n) is 35.2. The first-order valence-electron chi connectivity index (χ1n) is 20.6. The Kier molecular flexibility index (Phi) is 32.0. The van der Waals surface area contributed by atoms with Gasteiger partial charge in [-0.05, 0) is 59.2 Å². The number of methoxy groups -OCH3 is 1. The third kappa shape index (κ3) is 28.8. The van der Waals surface area contributed by atoms with Crippen LogP contribution in [-0.2, 0) is 57.2 Å². The highest BCUT2D eigenvalue weighted by Crippen LogP contribution is 2.15. The number of ether oxygens (including phenoxy) is 6. The summed E-state index contributed by atoms with van der Waals surface area (Å²) in [5, 5.41) is 0. The Morgan fingerprint density at radius 2 is 1.07 bits per heavy atom. The van der Waals surface area contributed by atoms with Gasteiger partial charge in [-0.1, -0.05) is 79.1 Å². The molecule has 0 aliphatic carbocycles. The van der Waals surface area contributed by atoms with Gasteiger partial charge in [-0.3, -0.25) is 28.8 Å². The highest BCUT2D eigenvalue weighted by atomic mass is 16.6. The lowest BCUT2D eigenvalue weighted by Crippen LogP contribution is -2.34. The monoisotopic (exact) mass is 787 g/mol. The van der Waals surface area contributed by atoms with Crippen LogP contribution in [0.3, 0.4) is 0 Å². The fraction of sp³-hybridized carbons (Fsp3) is 0.854. The molecule has 14 nitrogen and oxygen atoms in total. The van der Waals surface area contributed by atoms with Crippen molar-refractivity contribution in [2.75, 3.05) is 67.3 Å². The molecule has 0 aromatic heterocycles. The van der Waals surface area contributed by atoms with Crippen molar-refractivity contribution in [1.82, 2.24) is 9.80 Å². The average Bonchev–Trinajstić information content (AvgIpc) is 3.15. The quantitative estimate of drug-likeness (QED) is 0.0312. The summed E-state index contributed by atoms with van der Waals surface area (Å²) in [6.07, 6.45) is 10.7. The van der Waals surface area contributed by atoms with E-state index in [-0.39, 0.29) is 82.5 Å². The molecule has 0 saturated carbocycles. The number of rotatable bonds is 36. The molecule has 320 valence electrons. The molecule has 0 bridgehead atoms. The molecule has 1 amide bonds. The summed E-state index contributed by atoms with van der Waals surface area (Å²) in [4.78, 5) is 78.2. The second-order valence-electron chi connectivity index (χ2n) is 14.7. The summed E-state index contributed by atoms with van der Waals surface area (Å²) >= 11 is 0. The Balaban J connectivity index is 5.09. The molecule has 0 radical (unpaired) electrons. The Morgan fingerprint density at radius 3 is 1.51 bits per heavy atom. The fourth-order valence-corrected chi connectivity index (χ4v) is 5.73. The molecule has 14 heteroatoms. The first-order chi connectivity index (χ1) is 26.4. The van der Waals surface area contributed by atoms with E-state index < -0.39 is 30.1 Å². The number of amides is 1. The minimum atomic E-state index is -0.959. The van der Waals surface area contributed by atoms with Gasteiger partial charge in [-0.25, -0.2) is 0 Å². The third-order valence-electron chi connectivity index (χ3n) is 9.12. The predicted octanol–water partition coefficient (Wildman–Crippen LogP) is 6.05. The van der Waals surface area contributed by atoms with Crippen molar-refractivity contribution in [1.29, 1.82) is 0 Å². The second kappa shape index (κ2) is 34.0. The maximum atomic E-state index is 13.2. The van der Waals surface area contributed by atoms with Crippen LogP contribution in [0.25, 0.3) is 0 Å². The van der Waals surface area contributed by atoms with E-state index in [0.717, 1.165) is 70.8 Å². The van der Waals surface area contributed by atoms with Crippen LogP contribution in [0.15, 0.2) is 0 Å². The SMILES string of the molecule is CCCCCCC(C)C(=O)OCC(COC)OC(=O)CCCN(CCCC(=O)OC(COC=O)COC(=O)C(C)CCCCCC)C(=O)CCCCN(C)C. The van der Waals surface area contributed by atoms with E-state index in [9.17, 15) is 28.8 Å². The Hall–Kier alpha value is -3.26. The van der Waals surface area contributed by atoms with Crippen LogP contribution in [0.5, 0.6) is 0 Å². The predicted molar refractivity (Wildman–Crippen MR) is 209 cm³/mol. The van der Waals surface area contributed by atoms with Crippen molar-refractivity contribution in [3.63, 3.8) is 0 Å². The van der Waals surface area contributed by atoms with Crippen molar-refractivity contribution in [3.05, 3.63) is 0 Å². The standard InChI is InChI=1S/C41H74N2O12/c1-8-10-12-14-20-33(3)40(48)52-30-35(28-50-7)54-38(46)23-18-26-43(37(45)22-16-17-25-42(5)6)27-19-24-39(47)55-36(29-51-32-44)31-53-41(49)34(4)21-15-13-11-9-2/h32-36H,8-31H2,1-7H3. The number of hydrogen-bond acceptors (Lipinski definition) is 13. The van der Waals surface area contributed by atoms with Crippen LogP contribution in [0.2, 0.25) is 0 Å². The summed E-state index contributed by atoms with van der Waals surface area (Å²) in [7, 11) is 5.42. The molecule has 0 aromatic rings. The largest absolute Gasteiger partial charge is 0.464 e. The minimum absolute atomic E-state index is 0.0272. The van der Waals surface area contributed by atoms with Crippen LogP contribution in [-0.4, -0.2) is 126 Å². The summed E-state index contributed by atoms with van der Waals surface area (Å²) in [5.74, 6) is -2.44. The first-order valence-corrected chi connectivity index (χ1v) is 20.6. The van der Waals surface area contributed by atoms with Gasteiger partial charge in [-0.2, -0.15) is 0 Å². The Morgan fingerprint density at radius 1 is 0.582 bits per heavy atom. The fourth-order valence-electron chi connectivity index (χ4n) is 5.73. The zero-order chi connectivity index (χ0) is 41.3. The summed E-state index contributed by atoms with van der Waals surface area (Å²) < 4.78 is 31.8. The van der Waals surface area contributed by atoms with E-state index in [1.54, 1.807) is 11.8 Å². The van der Waals surface area contributed by atoms with Gasteiger partial charge in [0.15, 0.2) is 12.2 Å². The topological polar surface area (TPSA) is 164 Å². The van der Waals surface area contributed by atoms with Crippen LogP contribution < -0.4 is 0 Å². The van der Waals surface area contributed by atoms with Crippen molar-refractivity contribution < 1.29 is 57.2 Å². The van der Waals surface area contributed by atoms with Crippen LogP contribution in [0, 0.1) is 11.8 Å². The van der Waals surface area contributed by atoms with Crippen LogP contribution in [0.4, 0.5) is 0 Å². The first kappa shape index (κ1) is 51.7. The number of nitrogens with zero attached hydrogens (tertiary/aromatic N) is 2. The molecule has 0 saturated heterocycles. The van der Waals surface area contributed by atoms with Crippen LogP contribution in [0.1, 0.15) is 137 Å². The van der Waals surface area contributed by atoms with Crippen molar-refractivity contribution >= 4 is 36.3 Å². The van der Waals surface area contributed by atoms with E-state index in [2.05, 4.69) is 18.7 Å². The molecule has 0 fully saturated rings. The third-order valence-corrected chi connectivity index (χ3v) is 9.12. The van der Waals surface area contributed by atoms with Crippen molar-refractivity contribution in [3.8, 4) is 0 Å². The molecule has 4 atom stereocenters. The molecule has 0 heterocycles. The summed E-state index contributed by atoms with van der Waals surface area (Å²) in [5.41, 5.74) is 0. The van der Waals surface area contributed by atoms with Gasteiger partial charge < -0.3 is 38.2 Å². The van der Waals surface area contributed by atoms with Crippen molar-refractivity contribution in [2.24, 2.45) is 11.8 Å². The normalized spacial score (nSPS) is 13.3. The van der Waals surface area contributed by atoms with Gasteiger partial charge >= 0.3 is 23.9 Å². The highest BCUT2D eigenvalue weighted by Gasteiger charge is 2.23. The Labute approximate surface area is 331 Å². The highest BCUT2D eigenvalue weighted by molar-refractivity contribution is 5.76. The van der Waals surface area contributed by atoms with Gasteiger partial charge in [0.05, 0.1) is 18.4 Å². The molecule has 4 unspecified atom stereocenters. The average molecular weight is 787 g/mol. The number of unbranched alkanes of at least 4 members (excludes halogenated alkanes) is 7. The molecule has 0 rings (SSSR count). The number of hydrogen-bond donors (Lipinski definition) is 0. The van der Waals surface area contributed by atoms with Gasteiger partial charge in [0.25, 0.3) is 6.47 Å². The molecule has 0 aromatic carbocycles. The van der Waals surface area contributed by atoms with Gasteiger partial charge in [0, 0.05) is 39.5 Å². The van der Waals surface area contributed by atoms with E-state index in [1.165, 1.54) is 7.11 Å². The zero-order valence-corrected chi connectivity index (χ0v) is 35.2. The smallest absolute Gasteiger partial charge is 0.308 e. The van der Waals surface area contributed by atoms with Gasteiger partial charge in [0.2, 0.25) is 5.91 Å². The molecule has 0 N–H and O–H groups in total. The number of carbonyl (C=O) groups excluding carboxylic acids is 6. The van der Waals surface area contributed by atoms with Gasteiger partial charge in [0.1, 0.15) is 19.8 Å². The lowest BCUT2D eigenvalue weighted by molar-refractivity contribution is -0.165. The number of carbonyl (C=O) groups is 6. The van der Waals surface area contributed by atoms with Crippen molar-refractivity contribution in [2.45, 2.75) is 149 Å².